The van der Waals surface area contributed by atoms with Crippen molar-refractivity contribution in [1.82, 2.24) is 15.3 Å². The van der Waals surface area contributed by atoms with E-state index in [0.29, 0.717) is 12.1 Å². The molecule has 1 aromatic heterocycles. The van der Waals surface area contributed by atoms with E-state index in [1.54, 1.807) is 12.4 Å². The summed E-state index contributed by atoms with van der Waals surface area (Å²) >= 11 is 0. The molecule has 0 saturated heterocycles. The minimum absolute atomic E-state index is 0.112. The maximum absolute atomic E-state index is 12.0. The van der Waals surface area contributed by atoms with Gasteiger partial charge >= 0.3 is 0 Å². The summed E-state index contributed by atoms with van der Waals surface area (Å²) in [6.07, 6.45) is 4.43. The smallest absolute Gasteiger partial charge is 0.251 e. The van der Waals surface area contributed by atoms with Gasteiger partial charge in [-0.3, -0.25) is 14.8 Å². The number of amides is 1. The van der Waals surface area contributed by atoms with Crippen molar-refractivity contribution in [1.29, 1.82) is 0 Å². The van der Waals surface area contributed by atoms with Gasteiger partial charge in [-0.2, -0.15) is 0 Å². The molecule has 0 aliphatic rings. The Balaban J connectivity index is 1.89. The van der Waals surface area contributed by atoms with Gasteiger partial charge in [-0.05, 0) is 37.6 Å². The van der Waals surface area contributed by atoms with Crippen molar-refractivity contribution < 1.29 is 4.79 Å². The zero-order chi connectivity index (χ0) is 15.1. The fraction of sp³-hybridized carbons (Fsp3) is 0.312. The molecule has 21 heavy (non-hydrogen) atoms. The second kappa shape index (κ2) is 7.38. The van der Waals surface area contributed by atoms with E-state index in [2.05, 4.69) is 27.5 Å². The number of rotatable bonds is 6. The summed E-state index contributed by atoms with van der Waals surface area (Å²) in [5.74, 6) is -0.112. The van der Waals surface area contributed by atoms with Gasteiger partial charge in [-0.15, -0.1) is 0 Å². The molecule has 5 heteroatoms. The monoisotopic (exact) mass is 284 g/mol. The van der Waals surface area contributed by atoms with Crippen LogP contribution in [-0.2, 0) is 6.54 Å². The third-order valence-corrected chi connectivity index (χ3v) is 2.99. The van der Waals surface area contributed by atoms with Crippen LogP contribution in [0.2, 0.25) is 0 Å². The van der Waals surface area contributed by atoms with E-state index in [1.807, 2.05) is 31.2 Å². The summed E-state index contributed by atoms with van der Waals surface area (Å²) in [7, 11) is 0. The average Bonchev–Trinajstić information content (AvgIpc) is 2.52. The molecular weight excluding hydrogens is 264 g/mol. The molecule has 1 aromatic carbocycles. The van der Waals surface area contributed by atoms with E-state index in [1.165, 1.54) is 0 Å². The first kappa shape index (κ1) is 15.0. The van der Waals surface area contributed by atoms with E-state index in [9.17, 15) is 4.79 Å². The van der Waals surface area contributed by atoms with Gasteiger partial charge in [-0.25, -0.2) is 0 Å². The average molecular weight is 284 g/mol. The van der Waals surface area contributed by atoms with Crippen molar-refractivity contribution in [3.05, 3.63) is 53.6 Å². The van der Waals surface area contributed by atoms with Gasteiger partial charge in [0.05, 0.1) is 24.1 Å². The third kappa shape index (κ3) is 4.56. The molecule has 0 fully saturated rings. The number of aromatic nitrogens is 2. The summed E-state index contributed by atoms with van der Waals surface area (Å²) in [5, 5.41) is 6.11. The number of carbonyl (C=O) groups excluding carboxylic acids is 1. The fourth-order valence-corrected chi connectivity index (χ4v) is 1.79. The van der Waals surface area contributed by atoms with Crippen LogP contribution in [0.15, 0.2) is 36.7 Å². The molecule has 2 N–H and O–H groups in total. The first-order chi connectivity index (χ1) is 10.2. The summed E-state index contributed by atoms with van der Waals surface area (Å²) < 4.78 is 0. The molecule has 0 unspecified atom stereocenters. The van der Waals surface area contributed by atoms with Gasteiger partial charge in [0.25, 0.3) is 5.91 Å². The molecule has 110 valence electrons. The van der Waals surface area contributed by atoms with Crippen LogP contribution in [0.25, 0.3) is 0 Å². The van der Waals surface area contributed by atoms with E-state index >= 15 is 0 Å². The molecule has 0 radical (unpaired) electrons. The first-order valence-corrected chi connectivity index (χ1v) is 7.08. The van der Waals surface area contributed by atoms with Crippen LogP contribution in [0.3, 0.4) is 0 Å². The maximum atomic E-state index is 12.0. The van der Waals surface area contributed by atoms with E-state index in [-0.39, 0.29) is 5.91 Å². The number of nitrogens with one attached hydrogen (secondary N) is 2. The van der Waals surface area contributed by atoms with Gasteiger partial charge in [0.2, 0.25) is 0 Å². The molecule has 0 saturated carbocycles. The number of hydrogen-bond donors (Lipinski definition) is 2. The van der Waals surface area contributed by atoms with E-state index < -0.39 is 0 Å². The Morgan fingerprint density at radius 1 is 1.14 bits per heavy atom. The molecule has 0 bridgehead atoms. The highest BCUT2D eigenvalue weighted by molar-refractivity contribution is 5.94. The Hall–Kier alpha value is -2.43. The van der Waals surface area contributed by atoms with Crippen LogP contribution in [-0.4, -0.2) is 22.4 Å². The van der Waals surface area contributed by atoms with Crippen LogP contribution in [0, 0.1) is 6.92 Å². The summed E-state index contributed by atoms with van der Waals surface area (Å²) in [5.41, 5.74) is 3.27. The van der Waals surface area contributed by atoms with Crippen LogP contribution >= 0.6 is 0 Å². The van der Waals surface area contributed by atoms with Crippen LogP contribution in [0.1, 0.15) is 35.1 Å². The largest absolute Gasteiger partial charge is 0.385 e. The molecule has 2 rings (SSSR count). The topological polar surface area (TPSA) is 66.9 Å². The molecule has 0 atom stereocenters. The molecular formula is C16H20N4O. The Labute approximate surface area is 124 Å². The lowest BCUT2D eigenvalue weighted by Gasteiger charge is -2.07. The molecule has 0 aliphatic carbocycles. The molecule has 1 amide bonds. The fourth-order valence-electron chi connectivity index (χ4n) is 1.79. The number of nitrogens with zero attached hydrogens (tertiary/aromatic N) is 2. The molecule has 0 aliphatic heterocycles. The Kier molecular flexibility index (Phi) is 5.26. The second-order valence-corrected chi connectivity index (χ2v) is 4.84. The van der Waals surface area contributed by atoms with Crippen molar-refractivity contribution in [3.8, 4) is 0 Å². The second-order valence-electron chi connectivity index (χ2n) is 4.84. The highest BCUT2D eigenvalue weighted by Crippen LogP contribution is 2.09. The first-order valence-electron chi connectivity index (χ1n) is 7.08. The molecule has 5 nitrogen and oxygen atoms in total. The van der Waals surface area contributed by atoms with Crippen LogP contribution in [0.4, 0.5) is 5.69 Å². The summed E-state index contributed by atoms with van der Waals surface area (Å²) in [6.45, 7) is 5.30. The van der Waals surface area contributed by atoms with Crippen molar-refractivity contribution in [2.75, 3.05) is 11.9 Å². The Morgan fingerprint density at radius 3 is 2.52 bits per heavy atom. The van der Waals surface area contributed by atoms with Crippen molar-refractivity contribution >= 4 is 11.6 Å². The number of hydrogen-bond acceptors (Lipinski definition) is 4. The normalized spacial score (nSPS) is 10.2. The van der Waals surface area contributed by atoms with Crippen molar-refractivity contribution in [3.63, 3.8) is 0 Å². The highest BCUT2D eigenvalue weighted by Gasteiger charge is 2.05. The lowest BCUT2D eigenvalue weighted by molar-refractivity contribution is 0.0950. The predicted octanol–water partition coefficient (Wildman–Crippen LogP) is 2.54. The summed E-state index contributed by atoms with van der Waals surface area (Å²) in [6, 6.07) is 7.45. The standard InChI is InChI=1S/C16H20N4O/c1-3-8-17-14-6-4-13(5-7-14)16(21)20-11-15-10-18-12(2)9-19-15/h4-7,9-10,17H,3,8,11H2,1-2H3,(H,20,21). The lowest BCUT2D eigenvalue weighted by atomic mass is 10.2. The Bertz CT molecular complexity index is 578. The zero-order valence-electron chi connectivity index (χ0n) is 12.4. The third-order valence-electron chi connectivity index (χ3n) is 2.99. The van der Waals surface area contributed by atoms with Crippen molar-refractivity contribution in [2.45, 2.75) is 26.8 Å². The van der Waals surface area contributed by atoms with Gasteiger partial charge < -0.3 is 10.6 Å². The lowest BCUT2D eigenvalue weighted by Crippen LogP contribution is -2.23. The minimum Gasteiger partial charge on any atom is -0.385 e. The summed E-state index contributed by atoms with van der Waals surface area (Å²) in [4.78, 5) is 20.4. The maximum Gasteiger partial charge on any atom is 0.251 e. The van der Waals surface area contributed by atoms with Crippen molar-refractivity contribution in [2.24, 2.45) is 0 Å². The van der Waals surface area contributed by atoms with Gasteiger partial charge in [-0.1, -0.05) is 6.92 Å². The van der Waals surface area contributed by atoms with Crippen LogP contribution < -0.4 is 10.6 Å². The van der Waals surface area contributed by atoms with Gasteiger partial charge in [0, 0.05) is 24.0 Å². The number of carbonyl (C=O) groups is 1. The quantitative estimate of drug-likeness (QED) is 0.855. The van der Waals surface area contributed by atoms with Gasteiger partial charge in [0.1, 0.15) is 0 Å². The number of anilines is 1. The zero-order valence-corrected chi connectivity index (χ0v) is 12.4. The number of aryl methyl sites for hydroxylation is 1. The predicted molar refractivity (Wildman–Crippen MR) is 83.2 cm³/mol. The van der Waals surface area contributed by atoms with E-state index in [0.717, 1.165) is 30.0 Å². The SMILES string of the molecule is CCCNc1ccc(C(=O)NCc2cnc(C)cn2)cc1. The molecule has 1 heterocycles. The van der Waals surface area contributed by atoms with Gasteiger partial charge in [0.15, 0.2) is 0 Å². The number of benzene rings is 1. The molecule has 2 aromatic rings. The molecule has 0 spiro atoms. The highest BCUT2D eigenvalue weighted by atomic mass is 16.1. The van der Waals surface area contributed by atoms with Crippen LogP contribution in [0.5, 0.6) is 0 Å². The Morgan fingerprint density at radius 2 is 1.90 bits per heavy atom. The minimum atomic E-state index is -0.112. The van der Waals surface area contributed by atoms with E-state index in [4.69, 9.17) is 0 Å².